The number of carboxylic acids is 1. The van der Waals surface area contributed by atoms with Gasteiger partial charge in [0.25, 0.3) is 0 Å². The first kappa shape index (κ1) is 21.2. The molecule has 2 N–H and O–H groups in total. The highest BCUT2D eigenvalue weighted by atomic mass is 16.5. The highest BCUT2D eigenvalue weighted by molar-refractivity contribution is 5.78. The Hall–Kier alpha value is -2.08. The van der Waals surface area contributed by atoms with Crippen LogP contribution in [0.5, 0.6) is 5.75 Å². The molecular formula is C21H32N2O4. The zero-order valence-electron chi connectivity index (χ0n) is 16.4. The minimum atomic E-state index is -0.742. The van der Waals surface area contributed by atoms with Gasteiger partial charge in [-0.2, -0.15) is 0 Å². The summed E-state index contributed by atoms with van der Waals surface area (Å²) in [7, 11) is 0. The van der Waals surface area contributed by atoms with Crippen molar-refractivity contribution in [1.29, 1.82) is 0 Å². The van der Waals surface area contributed by atoms with Gasteiger partial charge < -0.3 is 15.2 Å². The third kappa shape index (κ3) is 8.43. The molecule has 0 spiro atoms. The predicted molar refractivity (Wildman–Crippen MR) is 105 cm³/mol. The molecule has 6 nitrogen and oxygen atoms in total. The number of benzene rings is 1. The van der Waals surface area contributed by atoms with Crippen LogP contribution in [0, 0.1) is 5.92 Å². The smallest absolute Gasteiger partial charge is 0.303 e. The van der Waals surface area contributed by atoms with Crippen LogP contribution in [-0.2, 0) is 16.0 Å². The van der Waals surface area contributed by atoms with Crippen LogP contribution in [0.15, 0.2) is 24.3 Å². The van der Waals surface area contributed by atoms with E-state index >= 15 is 0 Å². The van der Waals surface area contributed by atoms with Crippen LogP contribution in [0.4, 0.5) is 0 Å². The van der Waals surface area contributed by atoms with Crippen molar-refractivity contribution < 1.29 is 19.4 Å². The molecule has 1 saturated heterocycles. The maximum atomic E-state index is 12.2. The van der Waals surface area contributed by atoms with Gasteiger partial charge in [0.2, 0.25) is 5.91 Å². The van der Waals surface area contributed by atoms with Crippen molar-refractivity contribution in [2.24, 2.45) is 5.92 Å². The number of nitrogens with zero attached hydrogens (tertiary/aromatic N) is 1. The molecule has 0 aromatic heterocycles. The van der Waals surface area contributed by atoms with E-state index < -0.39 is 5.97 Å². The fraction of sp³-hybridized carbons (Fsp3) is 0.619. The van der Waals surface area contributed by atoms with Crippen molar-refractivity contribution in [3.63, 3.8) is 0 Å². The molecule has 1 unspecified atom stereocenters. The molecule has 0 saturated carbocycles. The van der Waals surface area contributed by atoms with Crippen LogP contribution >= 0.6 is 0 Å². The lowest BCUT2D eigenvalue weighted by Gasteiger charge is -2.32. The van der Waals surface area contributed by atoms with E-state index in [0.717, 1.165) is 43.7 Å². The van der Waals surface area contributed by atoms with Gasteiger partial charge in [-0.05, 0) is 69.7 Å². The third-order valence-electron chi connectivity index (χ3n) is 4.77. The molecule has 2 rings (SSSR count). The molecule has 1 atom stereocenters. The fourth-order valence-electron chi connectivity index (χ4n) is 3.47. The summed E-state index contributed by atoms with van der Waals surface area (Å²) in [5.74, 6) is 0.539. The van der Waals surface area contributed by atoms with E-state index in [1.165, 1.54) is 0 Å². The number of piperidine rings is 1. The summed E-state index contributed by atoms with van der Waals surface area (Å²) in [6.45, 7) is 6.73. The maximum absolute atomic E-state index is 12.2. The molecule has 150 valence electrons. The number of carbonyl (C=O) groups excluding carboxylic acids is 1. The van der Waals surface area contributed by atoms with Crippen molar-refractivity contribution in [3.8, 4) is 5.75 Å². The summed E-state index contributed by atoms with van der Waals surface area (Å²) in [5, 5.41) is 11.8. The van der Waals surface area contributed by atoms with Gasteiger partial charge in [-0.25, -0.2) is 0 Å². The van der Waals surface area contributed by atoms with Crippen LogP contribution < -0.4 is 10.1 Å². The van der Waals surface area contributed by atoms with Gasteiger partial charge in [0, 0.05) is 19.5 Å². The molecule has 1 aromatic carbocycles. The summed E-state index contributed by atoms with van der Waals surface area (Å²) >= 11 is 0. The number of likely N-dealkylation sites (tertiary alicyclic amines) is 1. The zero-order valence-corrected chi connectivity index (χ0v) is 16.4. The van der Waals surface area contributed by atoms with Gasteiger partial charge in [-0.1, -0.05) is 12.1 Å². The normalized spacial score (nSPS) is 17.7. The van der Waals surface area contributed by atoms with Gasteiger partial charge >= 0.3 is 5.97 Å². The van der Waals surface area contributed by atoms with E-state index in [9.17, 15) is 9.59 Å². The Kier molecular flexibility index (Phi) is 8.58. The van der Waals surface area contributed by atoms with Crippen molar-refractivity contribution in [3.05, 3.63) is 29.8 Å². The predicted octanol–water partition coefficient (Wildman–Crippen LogP) is 2.71. The summed E-state index contributed by atoms with van der Waals surface area (Å²) in [6.07, 6.45) is 3.95. The highest BCUT2D eigenvalue weighted by Gasteiger charge is 2.21. The van der Waals surface area contributed by atoms with Gasteiger partial charge in [0.15, 0.2) is 0 Å². The Bertz CT molecular complexity index is 601. The summed E-state index contributed by atoms with van der Waals surface area (Å²) in [4.78, 5) is 25.0. The molecule has 0 aliphatic carbocycles. The van der Waals surface area contributed by atoms with Gasteiger partial charge in [-0.3, -0.25) is 14.5 Å². The van der Waals surface area contributed by atoms with Crippen molar-refractivity contribution in [1.82, 2.24) is 10.2 Å². The molecule has 0 radical (unpaired) electrons. The van der Waals surface area contributed by atoms with E-state index in [1.54, 1.807) is 0 Å². The van der Waals surface area contributed by atoms with Crippen molar-refractivity contribution >= 4 is 11.9 Å². The minimum Gasteiger partial charge on any atom is -0.491 e. The van der Waals surface area contributed by atoms with Gasteiger partial charge in [-0.15, -0.1) is 0 Å². The fourth-order valence-corrected chi connectivity index (χ4v) is 3.47. The first-order valence-electron chi connectivity index (χ1n) is 9.89. The summed E-state index contributed by atoms with van der Waals surface area (Å²) in [5.41, 5.74) is 1.16. The van der Waals surface area contributed by atoms with Crippen LogP contribution in [-0.4, -0.2) is 54.2 Å². The Balaban J connectivity index is 1.66. The van der Waals surface area contributed by atoms with Crippen molar-refractivity contribution in [2.75, 3.05) is 26.2 Å². The van der Waals surface area contributed by atoms with Gasteiger partial charge in [0.1, 0.15) is 5.75 Å². The number of carboxylic acid groups (broad SMARTS) is 1. The molecule has 1 heterocycles. The van der Waals surface area contributed by atoms with E-state index in [-0.39, 0.29) is 18.4 Å². The first-order chi connectivity index (χ1) is 12.9. The highest BCUT2D eigenvalue weighted by Crippen LogP contribution is 2.20. The molecule has 1 aliphatic heterocycles. The number of amides is 1. The Morgan fingerprint density at radius 3 is 2.70 bits per heavy atom. The molecule has 6 heteroatoms. The SMILES string of the molecule is CC(C)Oc1ccc(CCNC(=O)CN2CCCC(CCC(=O)O)C2)cc1. The standard InChI is InChI=1S/C21H32N2O4/c1-16(2)27-19-8-5-17(6-9-19)11-12-22-20(24)15-23-13-3-4-18(14-23)7-10-21(25)26/h5-6,8-9,16,18H,3-4,7,10-15H2,1-2H3,(H,22,24)(H,25,26). The lowest BCUT2D eigenvalue weighted by atomic mass is 9.93. The number of aliphatic carboxylic acids is 1. The molecular weight excluding hydrogens is 344 g/mol. The Labute approximate surface area is 161 Å². The van der Waals surface area contributed by atoms with E-state index in [2.05, 4.69) is 10.2 Å². The largest absolute Gasteiger partial charge is 0.491 e. The quantitative estimate of drug-likeness (QED) is 0.656. The van der Waals surface area contributed by atoms with E-state index in [0.29, 0.717) is 25.4 Å². The molecule has 1 amide bonds. The van der Waals surface area contributed by atoms with Crippen LogP contribution in [0.2, 0.25) is 0 Å². The number of carbonyl (C=O) groups is 2. The van der Waals surface area contributed by atoms with Crippen LogP contribution in [0.1, 0.15) is 45.1 Å². The summed E-state index contributed by atoms with van der Waals surface area (Å²) < 4.78 is 5.63. The number of hydrogen-bond acceptors (Lipinski definition) is 4. The van der Waals surface area contributed by atoms with E-state index in [1.807, 2.05) is 38.1 Å². The van der Waals surface area contributed by atoms with Crippen LogP contribution in [0.25, 0.3) is 0 Å². The monoisotopic (exact) mass is 376 g/mol. The van der Waals surface area contributed by atoms with Crippen LogP contribution in [0.3, 0.4) is 0 Å². The second-order valence-electron chi connectivity index (χ2n) is 7.59. The lowest BCUT2D eigenvalue weighted by molar-refractivity contribution is -0.137. The second-order valence-corrected chi connectivity index (χ2v) is 7.59. The first-order valence-corrected chi connectivity index (χ1v) is 9.89. The topological polar surface area (TPSA) is 78.9 Å². The summed E-state index contributed by atoms with van der Waals surface area (Å²) in [6, 6.07) is 7.98. The maximum Gasteiger partial charge on any atom is 0.303 e. The second kappa shape index (κ2) is 10.9. The zero-order chi connectivity index (χ0) is 19.6. The van der Waals surface area contributed by atoms with E-state index in [4.69, 9.17) is 9.84 Å². The molecule has 1 aliphatic rings. The third-order valence-corrected chi connectivity index (χ3v) is 4.77. The number of rotatable bonds is 10. The molecule has 1 fully saturated rings. The lowest BCUT2D eigenvalue weighted by Crippen LogP contribution is -2.43. The number of nitrogens with one attached hydrogen (secondary N) is 1. The number of ether oxygens (including phenoxy) is 1. The molecule has 27 heavy (non-hydrogen) atoms. The van der Waals surface area contributed by atoms with Gasteiger partial charge in [0.05, 0.1) is 12.6 Å². The van der Waals surface area contributed by atoms with Crippen molar-refractivity contribution in [2.45, 2.75) is 52.1 Å². The molecule has 0 bridgehead atoms. The molecule has 1 aromatic rings. The average Bonchev–Trinajstić information content (AvgIpc) is 2.61. The average molecular weight is 376 g/mol. The number of hydrogen-bond donors (Lipinski definition) is 2. The Morgan fingerprint density at radius 1 is 1.30 bits per heavy atom. The Morgan fingerprint density at radius 2 is 2.04 bits per heavy atom. The minimum absolute atomic E-state index is 0.0358.